The van der Waals surface area contributed by atoms with E-state index in [0.29, 0.717) is 18.4 Å². The quantitative estimate of drug-likeness (QED) is 0.783. The second-order valence-electron chi connectivity index (χ2n) is 8.74. The van der Waals surface area contributed by atoms with E-state index in [1.807, 2.05) is 14.1 Å². The third kappa shape index (κ3) is 4.79. The highest BCUT2D eigenvalue weighted by Crippen LogP contribution is 2.28. The molecule has 0 radical (unpaired) electrons. The first-order chi connectivity index (χ1) is 12.4. The normalized spacial score (nSPS) is 23.1. The summed E-state index contributed by atoms with van der Waals surface area (Å²) in [5, 5.41) is 0. The number of benzene rings is 1. The van der Waals surface area contributed by atoms with Crippen molar-refractivity contribution in [3.63, 3.8) is 0 Å². The molecule has 0 saturated carbocycles. The number of piperidine rings is 1. The van der Waals surface area contributed by atoms with Crippen LogP contribution in [0.1, 0.15) is 37.8 Å². The molecule has 1 saturated heterocycles. The fourth-order valence-corrected chi connectivity index (χ4v) is 4.49. The molecule has 144 valence electrons. The first-order valence-corrected chi connectivity index (χ1v) is 10.1. The minimum atomic E-state index is 0.0890. The molecule has 1 aromatic rings. The molecule has 4 nitrogen and oxygen atoms in total. The summed E-state index contributed by atoms with van der Waals surface area (Å²) in [7, 11) is 3.72. The summed E-state index contributed by atoms with van der Waals surface area (Å²) in [4.78, 5) is 16.7. The van der Waals surface area contributed by atoms with Crippen LogP contribution in [0.2, 0.25) is 0 Å². The number of ether oxygens (including phenoxy) is 1. The van der Waals surface area contributed by atoms with Gasteiger partial charge < -0.3 is 14.5 Å². The minimum absolute atomic E-state index is 0.0890. The van der Waals surface area contributed by atoms with E-state index in [9.17, 15) is 4.79 Å². The number of likely N-dealkylation sites (tertiary alicyclic amines) is 1. The number of rotatable bonds is 6. The molecule has 0 unspecified atom stereocenters. The maximum atomic E-state index is 12.5. The minimum Gasteiger partial charge on any atom is -0.493 e. The maximum absolute atomic E-state index is 12.5. The first kappa shape index (κ1) is 19.2. The Hall–Kier alpha value is -1.55. The highest BCUT2D eigenvalue weighted by molar-refractivity contribution is 5.78. The van der Waals surface area contributed by atoms with Crippen molar-refractivity contribution in [2.45, 2.75) is 39.5 Å². The molecule has 2 aliphatic rings. The van der Waals surface area contributed by atoms with Crippen LogP contribution >= 0.6 is 0 Å². The predicted octanol–water partition coefficient (Wildman–Crippen LogP) is 3.24. The summed E-state index contributed by atoms with van der Waals surface area (Å²) in [5.41, 5.74) is 2.93. The monoisotopic (exact) mass is 358 g/mol. The molecule has 1 aliphatic heterocycles. The molecular weight excluding hydrogens is 324 g/mol. The van der Waals surface area contributed by atoms with Gasteiger partial charge in [0.25, 0.3) is 0 Å². The van der Waals surface area contributed by atoms with Gasteiger partial charge in [0.05, 0.1) is 12.5 Å². The number of aryl methyl sites for hydroxylation is 2. The van der Waals surface area contributed by atoms with Crippen LogP contribution in [0.3, 0.4) is 0 Å². The third-order valence-electron chi connectivity index (χ3n) is 5.58. The molecular formula is C22H34N2O2. The van der Waals surface area contributed by atoms with Gasteiger partial charge in [0.1, 0.15) is 5.75 Å². The summed E-state index contributed by atoms with van der Waals surface area (Å²) < 4.78 is 6.16. The van der Waals surface area contributed by atoms with E-state index in [2.05, 4.69) is 36.9 Å². The largest absolute Gasteiger partial charge is 0.493 e. The molecule has 26 heavy (non-hydrogen) atoms. The standard InChI is InChI=1S/C22H34N2O2/c1-16(2)12-24-13-17(10-20(14-24)22(25)23(3)4)15-26-21-9-8-18-6-5-7-19(18)11-21/h8-9,11,16-17,20H,5-7,10,12-15H2,1-4H3/t17-,20+/m0/s1. The van der Waals surface area contributed by atoms with Crippen LogP contribution in [0, 0.1) is 17.8 Å². The number of fused-ring (bicyclic) bond motifs is 1. The Morgan fingerprint density at radius 2 is 2.00 bits per heavy atom. The predicted molar refractivity (Wildman–Crippen MR) is 106 cm³/mol. The van der Waals surface area contributed by atoms with Crippen LogP contribution < -0.4 is 4.74 Å². The molecule has 1 aliphatic carbocycles. The molecule has 0 spiro atoms. The van der Waals surface area contributed by atoms with Gasteiger partial charge in [-0.25, -0.2) is 0 Å². The Kier molecular flexibility index (Phi) is 6.23. The van der Waals surface area contributed by atoms with Crippen molar-refractivity contribution in [3.05, 3.63) is 29.3 Å². The zero-order valence-electron chi connectivity index (χ0n) is 16.8. The second-order valence-corrected chi connectivity index (χ2v) is 8.74. The molecule has 1 aromatic carbocycles. The van der Waals surface area contributed by atoms with E-state index in [1.54, 1.807) is 4.90 Å². The van der Waals surface area contributed by atoms with Crippen molar-refractivity contribution in [2.75, 3.05) is 40.3 Å². The molecule has 1 heterocycles. The van der Waals surface area contributed by atoms with Crippen molar-refractivity contribution in [3.8, 4) is 5.75 Å². The van der Waals surface area contributed by atoms with Crippen LogP contribution in [0.5, 0.6) is 5.75 Å². The molecule has 0 N–H and O–H groups in total. The summed E-state index contributed by atoms with van der Waals surface area (Å²) in [6.07, 6.45) is 4.57. The fraction of sp³-hybridized carbons (Fsp3) is 0.682. The molecule has 1 amide bonds. The van der Waals surface area contributed by atoms with Crippen LogP contribution in [0.25, 0.3) is 0 Å². The lowest BCUT2D eigenvalue weighted by molar-refractivity contribution is -0.135. The average Bonchev–Trinajstić information content (AvgIpc) is 3.06. The summed E-state index contributed by atoms with van der Waals surface area (Å²) in [6.45, 7) is 8.14. The number of carbonyl (C=O) groups excluding carboxylic acids is 1. The summed E-state index contributed by atoms with van der Waals surface area (Å²) >= 11 is 0. The van der Waals surface area contributed by atoms with Gasteiger partial charge in [-0.3, -0.25) is 4.79 Å². The Morgan fingerprint density at radius 1 is 1.23 bits per heavy atom. The Morgan fingerprint density at radius 3 is 2.73 bits per heavy atom. The molecule has 2 atom stereocenters. The van der Waals surface area contributed by atoms with Crippen LogP contribution in [0.4, 0.5) is 0 Å². The Balaban J connectivity index is 1.62. The molecule has 3 rings (SSSR count). The smallest absolute Gasteiger partial charge is 0.226 e. The lowest BCUT2D eigenvalue weighted by atomic mass is 9.88. The van der Waals surface area contributed by atoms with Crippen LogP contribution in [0.15, 0.2) is 18.2 Å². The second kappa shape index (κ2) is 8.43. The molecule has 1 fully saturated rings. The number of hydrogen-bond donors (Lipinski definition) is 0. The highest BCUT2D eigenvalue weighted by atomic mass is 16.5. The number of amides is 1. The maximum Gasteiger partial charge on any atom is 0.226 e. The SMILES string of the molecule is CC(C)CN1C[C@@H](COc2ccc3c(c2)CCC3)C[C@@H](C(=O)N(C)C)C1. The van der Waals surface area contributed by atoms with E-state index in [0.717, 1.165) is 31.8 Å². The van der Waals surface area contributed by atoms with Crippen molar-refractivity contribution in [1.29, 1.82) is 0 Å². The van der Waals surface area contributed by atoms with Crippen LogP contribution in [-0.4, -0.2) is 56.0 Å². The van der Waals surface area contributed by atoms with Gasteiger partial charge in [-0.15, -0.1) is 0 Å². The van der Waals surface area contributed by atoms with Crippen molar-refractivity contribution < 1.29 is 9.53 Å². The van der Waals surface area contributed by atoms with E-state index in [-0.39, 0.29) is 11.8 Å². The summed E-state index contributed by atoms with van der Waals surface area (Å²) in [5.74, 6) is 2.35. The van der Waals surface area contributed by atoms with E-state index in [1.165, 1.54) is 30.4 Å². The van der Waals surface area contributed by atoms with Crippen molar-refractivity contribution in [1.82, 2.24) is 9.80 Å². The van der Waals surface area contributed by atoms with Gasteiger partial charge in [0, 0.05) is 39.6 Å². The van der Waals surface area contributed by atoms with E-state index in [4.69, 9.17) is 4.74 Å². The van der Waals surface area contributed by atoms with E-state index < -0.39 is 0 Å². The number of hydrogen-bond acceptors (Lipinski definition) is 3. The van der Waals surface area contributed by atoms with Gasteiger partial charge in [0.15, 0.2) is 0 Å². The third-order valence-corrected chi connectivity index (χ3v) is 5.58. The van der Waals surface area contributed by atoms with E-state index >= 15 is 0 Å². The zero-order valence-corrected chi connectivity index (χ0v) is 16.8. The van der Waals surface area contributed by atoms with Gasteiger partial charge in [0.2, 0.25) is 5.91 Å². The average molecular weight is 359 g/mol. The molecule has 0 aromatic heterocycles. The Labute approximate surface area is 158 Å². The Bertz CT molecular complexity index is 627. The van der Waals surface area contributed by atoms with Crippen molar-refractivity contribution >= 4 is 5.91 Å². The lowest BCUT2D eigenvalue weighted by Gasteiger charge is -2.38. The number of carbonyl (C=O) groups is 1. The highest BCUT2D eigenvalue weighted by Gasteiger charge is 2.33. The van der Waals surface area contributed by atoms with Gasteiger partial charge in [-0.2, -0.15) is 0 Å². The fourth-order valence-electron chi connectivity index (χ4n) is 4.49. The molecule has 4 heteroatoms. The first-order valence-electron chi connectivity index (χ1n) is 10.1. The van der Waals surface area contributed by atoms with Crippen molar-refractivity contribution in [2.24, 2.45) is 17.8 Å². The topological polar surface area (TPSA) is 32.8 Å². The lowest BCUT2D eigenvalue weighted by Crippen LogP contribution is -2.48. The zero-order chi connectivity index (χ0) is 18.7. The number of nitrogens with zero attached hydrogens (tertiary/aromatic N) is 2. The van der Waals surface area contributed by atoms with Gasteiger partial charge in [-0.05, 0) is 54.9 Å². The summed E-state index contributed by atoms with van der Waals surface area (Å²) in [6, 6.07) is 6.56. The molecule has 0 bridgehead atoms. The van der Waals surface area contributed by atoms with Gasteiger partial charge in [-0.1, -0.05) is 19.9 Å². The van der Waals surface area contributed by atoms with Gasteiger partial charge >= 0.3 is 0 Å². The van der Waals surface area contributed by atoms with Crippen LogP contribution in [-0.2, 0) is 17.6 Å².